The Kier molecular flexibility index (Phi) is 5.70. The van der Waals surface area contributed by atoms with E-state index in [1.54, 1.807) is 0 Å². The Labute approximate surface area is 110 Å². The van der Waals surface area contributed by atoms with Gasteiger partial charge in [-0.05, 0) is 12.8 Å². The van der Waals surface area contributed by atoms with E-state index >= 15 is 0 Å². The molecule has 2 atom stereocenters. The molecule has 8 nitrogen and oxygen atoms in total. The molecule has 0 spiro atoms. The lowest BCUT2D eigenvalue weighted by Gasteiger charge is -2.43. The minimum absolute atomic E-state index is 0.290. The number of ether oxygens (including phenoxy) is 1. The summed E-state index contributed by atoms with van der Waals surface area (Å²) in [7, 11) is -4.10. The van der Waals surface area contributed by atoms with Crippen molar-refractivity contribution in [1.82, 2.24) is 0 Å². The molecule has 4 N–H and O–H groups in total. The van der Waals surface area contributed by atoms with Gasteiger partial charge in [-0.3, -0.25) is 14.2 Å². The summed E-state index contributed by atoms with van der Waals surface area (Å²) in [6.45, 7) is 1.98. The smallest absolute Gasteiger partial charge is 0.344 e. The van der Waals surface area contributed by atoms with Crippen LogP contribution in [0.5, 0.6) is 0 Å². The van der Waals surface area contributed by atoms with Crippen LogP contribution in [0.15, 0.2) is 0 Å². The van der Waals surface area contributed by atoms with Crippen LogP contribution in [-0.2, 0) is 18.9 Å². The molecule has 2 unspecified atom stereocenters. The van der Waals surface area contributed by atoms with Crippen molar-refractivity contribution in [3.8, 4) is 0 Å². The fourth-order valence-corrected chi connectivity index (χ4v) is 3.99. The summed E-state index contributed by atoms with van der Waals surface area (Å²) in [6.07, 6.45) is -0.822. The van der Waals surface area contributed by atoms with Gasteiger partial charge in [-0.25, -0.2) is 0 Å². The molecule has 9 heteroatoms. The van der Waals surface area contributed by atoms with Crippen LogP contribution in [0, 0.1) is 5.41 Å². The first-order chi connectivity index (χ1) is 8.57. The third-order valence-electron chi connectivity index (χ3n) is 3.56. The highest BCUT2D eigenvalue weighted by atomic mass is 31.2. The average Bonchev–Trinajstić information content (AvgIpc) is 2.26. The Morgan fingerprint density at radius 3 is 1.74 bits per heavy atom. The number of methoxy groups -OCH3 is 1. The summed E-state index contributed by atoms with van der Waals surface area (Å²) >= 11 is 0. The number of aliphatic carboxylic acids is 2. The van der Waals surface area contributed by atoms with E-state index in [9.17, 15) is 34.2 Å². The summed E-state index contributed by atoms with van der Waals surface area (Å²) in [5, 5.41) is 15.9. The molecular weight excluding hydrogens is 279 g/mol. The van der Waals surface area contributed by atoms with Crippen LogP contribution in [0.4, 0.5) is 0 Å². The molecule has 0 aromatic heterocycles. The molecule has 0 saturated heterocycles. The van der Waals surface area contributed by atoms with Gasteiger partial charge in [0, 0.05) is 7.11 Å². The van der Waals surface area contributed by atoms with Gasteiger partial charge in [-0.1, -0.05) is 13.8 Å². The predicted octanol–water partition coefficient (Wildman–Crippen LogP) is 0.525. The maximum Gasteiger partial charge on any atom is 0.344 e. The molecule has 0 rings (SSSR count). The second-order valence-electron chi connectivity index (χ2n) is 4.24. The van der Waals surface area contributed by atoms with Crippen LogP contribution < -0.4 is 0 Å². The largest absolute Gasteiger partial charge is 0.481 e. The van der Waals surface area contributed by atoms with Crippen molar-refractivity contribution in [2.24, 2.45) is 5.41 Å². The van der Waals surface area contributed by atoms with Crippen molar-refractivity contribution >= 4 is 19.5 Å². The SMILES string of the molecule is CCC(COC)(C(=O)O)C(CC)(C(=O)O)P(=O)(O)O. The number of carboxylic acid groups (broad SMARTS) is 2. The lowest BCUT2D eigenvalue weighted by Crippen LogP contribution is -2.59. The molecule has 0 aliphatic carbocycles. The maximum atomic E-state index is 11.7. The first-order valence-corrected chi connectivity index (χ1v) is 7.20. The van der Waals surface area contributed by atoms with Crippen LogP contribution in [-0.4, -0.2) is 50.8 Å². The zero-order valence-electron chi connectivity index (χ0n) is 11.0. The third kappa shape index (κ3) is 2.53. The molecule has 112 valence electrons. The summed E-state index contributed by atoms with van der Waals surface area (Å²) in [4.78, 5) is 41.9. The molecule has 0 saturated carbocycles. The van der Waals surface area contributed by atoms with Crippen LogP contribution >= 0.6 is 7.60 Å². The molecule has 0 heterocycles. The van der Waals surface area contributed by atoms with Gasteiger partial charge >= 0.3 is 19.5 Å². The molecule has 0 aromatic carbocycles. The van der Waals surface area contributed by atoms with Crippen LogP contribution in [0.3, 0.4) is 0 Å². The molecule has 0 aliphatic heterocycles. The number of rotatable bonds is 8. The predicted molar refractivity (Wildman–Crippen MR) is 64.9 cm³/mol. The Balaban J connectivity index is 6.44. The molecule has 0 aliphatic rings. The van der Waals surface area contributed by atoms with Crippen molar-refractivity contribution in [3.63, 3.8) is 0 Å². The lowest BCUT2D eigenvalue weighted by atomic mass is 9.71. The van der Waals surface area contributed by atoms with Crippen molar-refractivity contribution in [3.05, 3.63) is 0 Å². The van der Waals surface area contributed by atoms with Crippen molar-refractivity contribution in [2.45, 2.75) is 31.8 Å². The molecule has 0 bridgehead atoms. The molecular formula is C10H19O8P. The highest BCUT2D eigenvalue weighted by molar-refractivity contribution is 7.55. The van der Waals surface area contributed by atoms with Gasteiger partial charge in [0.05, 0.1) is 6.61 Å². The Hall–Kier alpha value is -0.950. The van der Waals surface area contributed by atoms with E-state index < -0.39 is 43.1 Å². The van der Waals surface area contributed by atoms with E-state index in [0.717, 1.165) is 7.11 Å². The van der Waals surface area contributed by atoms with Crippen LogP contribution in [0.25, 0.3) is 0 Å². The van der Waals surface area contributed by atoms with E-state index in [1.165, 1.54) is 13.8 Å². The van der Waals surface area contributed by atoms with E-state index in [4.69, 9.17) is 4.74 Å². The number of carboxylic acids is 2. The fraction of sp³-hybridized carbons (Fsp3) is 0.800. The van der Waals surface area contributed by atoms with Gasteiger partial charge in [0.15, 0.2) is 5.16 Å². The second kappa shape index (κ2) is 6.00. The van der Waals surface area contributed by atoms with E-state index in [0.29, 0.717) is 0 Å². The highest BCUT2D eigenvalue weighted by Gasteiger charge is 2.69. The summed E-state index contributed by atoms with van der Waals surface area (Å²) in [5.74, 6) is -3.45. The Morgan fingerprint density at radius 1 is 1.11 bits per heavy atom. The fourth-order valence-electron chi connectivity index (χ4n) is 2.45. The highest BCUT2D eigenvalue weighted by Crippen LogP contribution is 2.62. The first-order valence-electron chi connectivity index (χ1n) is 5.58. The number of hydrogen-bond donors (Lipinski definition) is 4. The molecule has 0 fully saturated rings. The molecule has 0 amide bonds. The first kappa shape index (κ1) is 18.0. The Bertz CT molecular complexity index is 402. The van der Waals surface area contributed by atoms with Gasteiger partial charge in [0.25, 0.3) is 0 Å². The van der Waals surface area contributed by atoms with Gasteiger partial charge < -0.3 is 24.7 Å². The zero-order valence-corrected chi connectivity index (χ0v) is 11.9. The van der Waals surface area contributed by atoms with E-state index in [-0.39, 0.29) is 6.42 Å². The van der Waals surface area contributed by atoms with Crippen LogP contribution in [0.2, 0.25) is 0 Å². The van der Waals surface area contributed by atoms with Gasteiger partial charge in [0.1, 0.15) is 5.41 Å². The minimum Gasteiger partial charge on any atom is -0.481 e. The summed E-state index contributed by atoms with van der Waals surface area (Å²) < 4.78 is 16.4. The average molecular weight is 298 g/mol. The zero-order chi connectivity index (χ0) is 15.5. The standard InChI is InChI=1S/C10H19O8P/c1-4-9(6-18-3,7(11)12)10(5-2,8(13)14)19(15,16)17/h4-6H2,1-3H3,(H,11,12)(H,13,14)(H2,15,16,17). The molecule has 19 heavy (non-hydrogen) atoms. The van der Waals surface area contributed by atoms with Gasteiger partial charge in [-0.15, -0.1) is 0 Å². The van der Waals surface area contributed by atoms with Crippen molar-refractivity contribution < 1.29 is 38.9 Å². The van der Waals surface area contributed by atoms with Gasteiger partial charge in [-0.2, -0.15) is 0 Å². The molecule has 0 radical (unpaired) electrons. The minimum atomic E-state index is -5.24. The monoisotopic (exact) mass is 298 g/mol. The third-order valence-corrected chi connectivity index (χ3v) is 5.49. The van der Waals surface area contributed by atoms with Crippen LogP contribution in [0.1, 0.15) is 26.7 Å². The van der Waals surface area contributed by atoms with E-state index in [2.05, 4.69) is 0 Å². The normalized spacial score (nSPS) is 18.4. The lowest BCUT2D eigenvalue weighted by molar-refractivity contribution is -0.166. The number of hydrogen-bond acceptors (Lipinski definition) is 4. The van der Waals surface area contributed by atoms with Gasteiger partial charge in [0.2, 0.25) is 0 Å². The molecule has 0 aromatic rings. The Morgan fingerprint density at radius 2 is 1.58 bits per heavy atom. The maximum absolute atomic E-state index is 11.7. The quantitative estimate of drug-likeness (QED) is 0.475. The second-order valence-corrected chi connectivity index (χ2v) is 6.09. The summed E-state index contributed by atoms with van der Waals surface area (Å²) in [6, 6.07) is 0. The topological polar surface area (TPSA) is 141 Å². The summed E-state index contributed by atoms with van der Waals surface area (Å²) in [5.41, 5.74) is -2.21. The number of carbonyl (C=O) groups is 2. The van der Waals surface area contributed by atoms with Crippen molar-refractivity contribution in [1.29, 1.82) is 0 Å². The van der Waals surface area contributed by atoms with E-state index in [1.807, 2.05) is 0 Å². The van der Waals surface area contributed by atoms with Crippen molar-refractivity contribution in [2.75, 3.05) is 13.7 Å².